The highest BCUT2D eigenvalue weighted by Crippen LogP contribution is 2.27. The van der Waals surface area contributed by atoms with E-state index in [1.54, 1.807) is 0 Å². The van der Waals surface area contributed by atoms with Gasteiger partial charge >= 0.3 is 0 Å². The monoisotopic (exact) mass is 253 g/mol. The van der Waals surface area contributed by atoms with Crippen LogP contribution in [0.1, 0.15) is 56.9 Å². The number of hydrogen-bond acceptors (Lipinski definition) is 1. The Kier molecular flexibility index (Phi) is 7.30. The zero-order chi connectivity index (χ0) is 12.5. The molecule has 0 aliphatic heterocycles. The molecule has 1 nitrogen and oxygen atoms in total. The molecular formula is C15H24ClN. The molecule has 1 aromatic rings. The Labute approximate surface area is 110 Å². The van der Waals surface area contributed by atoms with Crippen molar-refractivity contribution >= 4 is 11.6 Å². The number of halogens is 1. The third kappa shape index (κ3) is 5.10. The molecule has 0 amide bonds. The summed E-state index contributed by atoms with van der Waals surface area (Å²) in [6.07, 6.45) is 7.71. The van der Waals surface area contributed by atoms with E-state index in [2.05, 4.69) is 13.0 Å². The van der Waals surface area contributed by atoms with Crippen molar-refractivity contribution in [3.63, 3.8) is 0 Å². The van der Waals surface area contributed by atoms with E-state index in [0.717, 1.165) is 11.4 Å². The summed E-state index contributed by atoms with van der Waals surface area (Å²) in [5.41, 5.74) is 7.07. The van der Waals surface area contributed by atoms with Gasteiger partial charge in [-0.1, -0.05) is 68.8 Å². The molecule has 0 saturated heterocycles. The summed E-state index contributed by atoms with van der Waals surface area (Å²) in [4.78, 5) is 0. The molecule has 2 N–H and O–H groups in total. The van der Waals surface area contributed by atoms with Crippen molar-refractivity contribution in [2.45, 2.75) is 51.4 Å². The van der Waals surface area contributed by atoms with Crippen molar-refractivity contribution in [3.8, 4) is 0 Å². The molecule has 0 aliphatic rings. The first-order valence-electron chi connectivity index (χ1n) is 6.74. The van der Waals surface area contributed by atoms with Gasteiger partial charge in [0, 0.05) is 5.02 Å². The minimum atomic E-state index is 0.422. The van der Waals surface area contributed by atoms with E-state index in [0.29, 0.717) is 12.5 Å². The Bertz CT molecular complexity index is 312. The smallest absolute Gasteiger partial charge is 0.0441 e. The molecule has 0 saturated carbocycles. The third-order valence-electron chi connectivity index (χ3n) is 3.29. The molecule has 17 heavy (non-hydrogen) atoms. The summed E-state index contributed by atoms with van der Waals surface area (Å²) >= 11 is 6.20. The Morgan fingerprint density at radius 3 is 2.47 bits per heavy atom. The summed E-state index contributed by atoms with van der Waals surface area (Å²) in [5, 5.41) is 0.858. The molecule has 1 rings (SSSR count). The summed E-state index contributed by atoms with van der Waals surface area (Å²) in [6, 6.07) is 8.07. The van der Waals surface area contributed by atoms with Gasteiger partial charge in [-0.3, -0.25) is 0 Å². The van der Waals surface area contributed by atoms with E-state index in [1.165, 1.54) is 37.7 Å². The summed E-state index contributed by atoms with van der Waals surface area (Å²) in [7, 11) is 0. The Morgan fingerprint density at radius 1 is 1.12 bits per heavy atom. The van der Waals surface area contributed by atoms with Crippen LogP contribution < -0.4 is 5.73 Å². The number of rotatable bonds is 8. The lowest BCUT2D eigenvalue weighted by Crippen LogP contribution is -2.13. The van der Waals surface area contributed by atoms with Crippen LogP contribution >= 0.6 is 11.6 Å². The van der Waals surface area contributed by atoms with E-state index in [-0.39, 0.29) is 0 Å². The van der Waals surface area contributed by atoms with Gasteiger partial charge < -0.3 is 5.73 Å². The van der Waals surface area contributed by atoms with Crippen molar-refractivity contribution in [1.29, 1.82) is 0 Å². The van der Waals surface area contributed by atoms with Crippen molar-refractivity contribution < 1.29 is 0 Å². The average molecular weight is 254 g/mol. The molecule has 1 unspecified atom stereocenters. The van der Waals surface area contributed by atoms with E-state index in [4.69, 9.17) is 17.3 Å². The summed E-state index contributed by atoms with van der Waals surface area (Å²) in [6.45, 7) is 2.93. The molecule has 96 valence electrons. The van der Waals surface area contributed by atoms with Crippen LogP contribution in [0.4, 0.5) is 0 Å². The number of benzene rings is 1. The van der Waals surface area contributed by atoms with Gasteiger partial charge in [-0.25, -0.2) is 0 Å². The van der Waals surface area contributed by atoms with E-state index in [1.807, 2.05) is 18.2 Å². The maximum absolute atomic E-state index is 6.20. The highest BCUT2D eigenvalue weighted by atomic mass is 35.5. The number of nitrogens with two attached hydrogens (primary N) is 1. The zero-order valence-electron chi connectivity index (χ0n) is 10.8. The van der Waals surface area contributed by atoms with E-state index in [9.17, 15) is 0 Å². The second-order valence-corrected chi connectivity index (χ2v) is 5.06. The lowest BCUT2D eigenvalue weighted by atomic mass is 9.93. The molecule has 0 spiro atoms. The van der Waals surface area contributed by atoms with Crippen LogP contribution in [0.15, 0.2) is 24.3 Å². The second kappa shape index (κ2) is 8.54. The lowest BCUT2D eigenvalue weighted by molar-refractivity contribution is 0.549. The molecule has 1 aromatic carbocycles. The Morgan fingerprint density at radius 2 is 1.82 bits per heavy atom. The molecule has 2 heteroatoms. The second-order valence-electron chi connectivity index (χ2n) is 4.66. The maximum Gasteiger partial charge on any atom is 0.0441 e. The minimum Gasteiger partial charge on any atom is -0.330 e. The van der Waals surface area contributed by atoms with E-state index < -0.39 is 0 Å². The van der Waals surface area contributed by atoms with Gasteiger partial charge in [-0.05, 0) is 30.5 Å². The van der Waals surface area contributed by atoms with Crippen molar-refractivity contribution in [2.24, 2.45) is 5.73 Å². The van der Waals surface area contributed by atoms with Gasteiger partial charge in [-0.2, -0.15) is 0 Å². The average Bonchev–Trinajstić information content (AvgIpc) is 2.35. The maximum atomic E-state index is 6.20. The van der Waals surface area contributed by atoms with Crippen LogP contribution in [0.25, 0.3) is 0 Å². The molecule has 1 atom stereocenters. The molecule has 0 aliphatic carbocycles. The fourth-order valence-electron chi connectivity index (χ4n) is 2.20. The Hall–Kier alpha value is -0.530. The molecule has 0 bridgehead atoms. The summed E-state index contributed by atoms with van der Waals surface area (Å²) in [5.74, 6) is 0.422. The largest absolute Gasteiger partial charge is 0.330 e. The summed E-state index contributed by atoms with van der Waals surface area (Å²) < 4.78 is 0. The van der Waals surface area contributed by atoms with Gasteiger partial charge in [0.25, 0.3) is 0 Å². The molecule has 0 radical (unpaired) electrons. The third-order valence-corrected chi connectivity index (χ3v) is 3.63. The first kappa shape index (κ1) is 14.5. The standard InChI is InChI=1S/C15H24ClN/c1-2-3-4-5-6-9-13(12-17)14-10-7-8-11-15(14)16/h7-8,10-11,13H,2-6,9,12,17H2,1H3. The number of unbranched alkanes of at least 4 members (excludes halogenated alkanes) is 4. The number of hydrogen-bond donors (Lipinski definition) is 1. The lowest BCUT2D eigenvalue weighted by Gasteiger charge is -2.16. The highest BCUT2D eigenvalue weighted by molar-refractivity contribution is 6.31. The topological polar surface area (TPSA) is 26.0 Å². The first-order chi connectivity index (χ1) is 8.29. The quantitative estimate of drug-likeness (QED) is 0.665. The molecular weight excluding hydrogens is 230 g/mol. The normalized spacial score (nSPS) is 12.6. The van der Waals surface area contributed by atoms with Crippen LogP contribution in [-0.4, -0.2) is 6.54 Å². The van der Waals surface area contributed by atoms with Crippen LogP contribution in [0.5, 0.6) is 0 Å². The van der Waals surface area contributed by atoms with Crippen LogP contribution in [-0.2, 0) is 0 Å². The minimum absolute atomic E-state index is 0.422. The first-order valence-corrected chi connectivity index (χ1v) is 7.11. The van der Waals surface area contributed by atoms with Gasteiger partial charge in [0.1, 0.15) is 0 Å². The Balaban J connectivity index is 2.41. The van der Waals surface area contributed by atoms with Gasteiger partial charge in [0.05, 0.1) is 0 Å². The fourth-order valence-corrected chi connectivity index (χ4v) is 2.49. The van der Waals surface area contributed by atoms with Gasteiger partial charge in [0.15, 0.2) is 0 Å². The van der Waals surface area contributed by atoms with Crippen molar-refractivity contribution in [2.75, 3.05) is 6.54 Å². The SMILES string of the molecule is CCCCCCCC(CN)c1ccccc1Cl. The predicted octanol–water partition coefficient (Wildman–Crippen LogP) is 4.74. The van der Waals surface area contributed by atoms with Crippen molar-refractivity contribution in [3.05, 3.63) is 34.9 Å². The van der Waals surface area contributed by atoms with E-state index >= 15 is 0 Å². The predicted molar refractivity (Wildman–Crippen MR) is 76.6 cm³/mol. The van der Waals surface area contributed by atoms with Crippen LogP contribution in [0.2, 0.25) is 5.02 Å². The highest BCUT2D eigenvalue weighted by Gasteiger charge is 2.12. The van der Waals surface area contributed by atoms with Crippen LogP contribution in [0, 0.1) is 0 Å². The molecule has 0 heterocycles. The fraction of sp³-hybridized carbons (Fsp3) is 0.600. The van der Waals surface area contributed by atoms with Crippen LogP contribution in [0.3, 0.4) is 0 Å². The van der Waals surface area contributed by atoms with Gasteiger partial charge in [-0.15, -0.1) is 0 Å². The zero-order valence-corrected chi connectivity index (χ0v) is 11.5. The molecule has 0 aromatic heterocycles. The van der Waals surface area contributed by atoms with Crippen molar-refractivity contribution in [1.82, 2.24) is 0 Å². The molecule has 0 fully saturated rings. The van der Waals surface area contributed by atoms with Gasteiger partial charge in [0.2, 0.25) is 0 Å².